The van der Waals surface area contributed by atoms with Gasteiger partial charge < -0.3 is 26.0 Å². The van der Waals surface area contributed by atoms with E-state index in [1.54, 1.807) is 25.1 Å². The first-order valence-corrected chi connectivity index (χ1v) is 14.5. The maximum Gasteiger partial charge on any atom is 0.252 e. The number of aliphatic hydroxyl groups excluding tert-OH is 2. The number of fused-ring (bicyclic) bond motifs is 3. The number of nitrogens with zero attached hydrogens (tertiary/aromatic N) is 2. The van der Waals surface area contributed by atoms with Crippen LogP contribution in [0.3, 0.4) is 0 Å². The van der Waals surface area contributed by atoms with Gasteiger partial charge in [0.15, 0.2) is 5.78 Å². The Morgan fingerprint density at radius 1 is 1.12 bits per heavy atom. The molecule has 3 aliphatic carbocycles. The van der Waals surface area contributed by atoms with Gasteiger partial charge in [0, 0.05) is 18.7 Å². The number of primary amides is 1. The van der Waals surface area contributed by atoms with Crippen LogP contribution in [0.1, 0.15) is 37.0 Å². The number of rotatable bonds is 7. The number of phenols is 1. The molecule has 1 amide bonds. The number of hydrogen-bond acceptors (Lipinski definition) is 7. The first-order chi connectivity index (χ1) is 19.8. The predicted octanol–water partition coefficient (Wildman–Crippen LogP) is 4.59. The minimum absolute atomic E-state index is 0.0936. The summed E-state index contributed by atoms with van der Waals surface area (Å²) in [4.78, 5) is 30.5. The molecular formula is C34H41N3O5. The fraction of sp³-hybridized carbons (Fsp3) is 0.412. The third kappa shape index (κ3) is 4.92. The second kappa shape index (κ2) is 11.1. The van der Waals surface area contributed by atoms with Gasteiger partial charge in [0.2, 0.25) is 0 Å². The summed E-state index contributed by atoms with van der Waals surface area (Å²) in [6.45, 7) is 10.2. The van der Waals surface area contributed by atoms with E-state index in [2.05, 4.69) is 44.5 Å². The van der Waals surface area contributed by atoms with Gasteiger partial charge in [-0.2, -0.15) is 0 Å². The molecule has 4 atom stereocenters. The Morgan fingerprint density at radius 3 is 2.48 bits per heavy atom. The molecule has 222 valence electrons. The van der Waals surface area contributed by atoms with E-state index in [1.807, 2.05) is 18.2 Å². The number of amides is 1. The number of allylic oxidation sites excluding steroid dienone is 1. The van der Waals surface area contributed by atoms with Gasteiger partial charge in [0.05, 0.1) is 23.1 Å². The summed E-state index contributed by atoms with van der Waals surface area (Å²) in [5.74, 6) is -2.66. The number of benzene rings is 2. The molecular weight excluding hydrogens is 530 g/mol. The smallest absolute Gasteiger partial charge is 0.252 e. The van der Waals surface area contributed by atoms with Gasteiger partial charge in [-0.1, -0.05) is 44.7 Å². The highest BCUT2D eigenvalue weighted by Crippen LogP contribution is 2.53. The number of hydrogen-bond donors (Lipinski definition) is 4. The Kier molecular flexibility index (Phi) is 7.81. The predicted molar refractivity (Wildman–Crippen MR) is 164 cm³/mol. The molecule has 1 saturated carbocycles. The van der Waals surface area contributed by atoms with Crippen LogP contribution in [0.15, 0.2) is 65.5 Å². The second-order valence-electron chi connectivity index (χ2n) is 12.7. The Morgan fingerprint density at radius 2 is 1.83 bits per heavy atom. The lowest BCUT2D eigenvalue weighted by Crippen LogP contribution is -2.52. The van der Waals surface area contributed by atoms with E-state index in [0.29, 0.717) is 18.8 Å². The Bertz CT molecular complexity index is 1540. The number of phenolic OH excluding ortho intramolecular Hbond substituents is 1. The quantitative estimate of drug-likeness (QED) is 0.383. The van der Waals surface area contributed by atoms with Gasteiger partial charge >= 0.3 is 0 Å². The standard InChI is InChI=1S/C34H41N3O5/c1-17(2)15-37(6)16-19-8-7-9-20(12-19)22-10-11-25(38)29-23(22)13-21-14-24-26(31(39)28(21)32(29)40)18(3)27(34(35)42)33(41)30(24)36(4)5/h7-12,17,21,24,26,30,38,40-41H,3,13-16H2,1-2,4-6H3,(H2,35,42)/t21?,24?,26?,30-/m0/s1. The molecule has 2 aromatic rings. The highest BCUT2D eigenvalue weighted by molar-refractivity contribution is 6.10. The molecule has 8 heteroatoms. The van der Waals surface area contributed by atoms with E-state index in [4.69, 9.17) is 5.73 Å². The van der Waals surface area contributed by atoms with Crippen molar-refractivity contribution in [2.45, 2.75) is 39.3 Å². The number of aliphatic hydroxyl groups is 2. The first kappa shape index (κ1) is 29.6. The van der Waals surface area contributed by atoms with Crippen molar-refractivity contribution >= 4 is 17.4 Å². The second-order valence-corrected chi connectivity index (χ2v) is 12.7. The Balaban J connectivity index is 1.59. The fourth-order valence-electron chi connectivity index (χ4n) is 7.55. The average Bonchev–Trinajstić information content (AvgIpc) is 2.87. The van der Waals surface area contributed by atoms with Crippen LogP contribution in [0.25, 0.3) is 16.9 Å². The van der Waals surface area contributed by atoms with Crippen molar-refractivity contribution in [2.24, 2.45) is 29.4 Å². The molecule has 0 bridgehead atoms. The van der Waals surface area contributed by atoms with Crippen molar-refractivity contribution in [3.8, 4) is 16.9 Å². The van der Waals surface area contributed by atoms with Crippen LogP contribution in [0.4, 0.5) is 0 Å². The lowest BCUT2D eigenvalue weighted by atomic mass is 9.58. The molecule has 0 heterocycles. The van der Waals surface area contributed by atoms with E-state index in [-0.39, 0.29) is 57.2 Å². The van der Waals surface area contributed by atoms with Crippen LogP contribution < -0.4 is 5.73 Å². The maximum atomic E-state index is 14.1. The zero-order valence-corrected chi connectivity index (χ0v) is 25.0. The zero-order valence-electron chi connectivity index (χ0n) is 25.0. The molecule has 0 aromatic heterocycles. The molecule has 0 spiro atoms. The van der Waals surface area contributed by atoms with Gasteiger partial charge in [0.25, 0.3) is 5.91 Å². The molecule has 3 aliphatic rings. The van der Waals surface area contributed by atoms with Gasteiger partial charge in [0.1, 0.15) is 17.3 Å². The molecule has 5 rings (SSSR count). The molecule has 42 heavy (non-hydrogen) atoms. The number of carbonyl (C=O) groups is 2. The lowest BCUT2D eigenvalue weighted by molar-refractivity contribution is -0.123. The minimum atomic E-state index is -0.843. The van der Waals surface area contributed by atoms with Gasteiger partial charge in [-0.05, 0) is 91.7 Å². The highest BCUT2D eigenvalue weighted by atomic mass is 16.3. The molecule has 0 radical (unpaired) electrons. The lowest BCUT2D eigenvalue weighted by Gasteiger charge is -2.47. The van der Waals surface area contributed by atoms with E-state index in [9.17, 15) is 24.9 Å². The SMILES string of the molecule is C=C1C(C(N)=O)=C(O)[C@@H](N(C)C)C2CC3Cc4c(-c5cccc(CN(C)CC(C)C)c5)ccc(O)c4C(O)=C3C(=O)C12. The molecule has 2 aromatic carbocycles. The summed E-state index contributed by atoms with van der Waals surface area (Å²) < 4.78 is 0. The van der Waals surface area contributed by atoms with Crippen molar-refractivity contribution in [3.05, 3.63) is 82.1 Å². The summed E-state index contributed by atoms with van der Waals surface area (Å²) in [5, 5.41) is 33.7. The number of carbonyl (C=O) groups excluding carboxylic acids is 2. The number of aromatic hydroxyl groups is 1. The van der Waals surface area contributed by atoms with E-state index < -0.39 is 17.9 Å². The minimum Gasteiger partial charge on any atom is -0.510 e. The van der Waals surface area contributed by atoms with Crippen LogP contribution in [-0.2, 0) is 22.6 Å². The van der Waals surface area contributed by atoms with Crippen LogP contribution in [0.2, 0.25) is 0 Å². The third-order valence-corrected chi connectivity index (χ3v) is 8.98. The monoisotopic (exact) mass is 571 g/mol. The summed E-state index contributed by atoms with van der Waals surface area (Å²) in [5.41, 5.74) is 9.98. The van der Waals surface area contributed by atoms with Crippen LogP contribution in [0.5, 0.6) is 5.75 Å². The molecule has 5 N–H and O–H groups in total. The van der Waals surface area contributed by atoms with E-state index in [0.717, 1.165) is 35.3 Å². The first-order valence-electron chi connectivity index (χ1n) is 14.5. The summed E-state index contributed by atoms with van der Waals surface area (Å²) >= 11 is 0. The maximum absolute atomic E-state index is 14.1. The highest BCUT2D eigenvalue weighted by Gasteiger charge is 2.53. The van der Waals surface area contributed by atoms with E-state index >= 15 is 0 Å². The number of ketones is 1. The molecule has 3 unspecified atom stereocenters. The summed E-state index contributed by atoms with van der Waals surface area (Å²) in [6, 6.07) is 11.1. The topological polar surface area (TPSA) is 127 Å². The number of nitrogens with two attached hydrogens (primary N) is 1. The zero-order chi connectivity index (χ0) is 30.6. The average molecular weight is 572 g/mol. The van der Waals surface area contributed by atoms with Crippen molar-refractivity contribution in [1.82, 2.24) is 9.80 Å². The Labute approximate surface area is 247 Å². The third-order valence-electron chi connectivity index (χ3n) is 8.98. The molecule has 0 saturated heterocycles. The van der Waals surface area contributed by atoms with Gasteiger partial charge in [-0.15, -0.1) is 0 Å². The van der Waals surface area contributed by atoms with Crippen molar-refractivity contribution in [2.75, 3.05) is 27.7 Å². The van der Waals surface area contributed by atoms with Crippen LogP contribution >= 0.6 is 0 Å². The Hall–Kier alpha value is -3.88. The number of likely N-dealkylation sites (N-methyl/N-ethyl adjacent to an activating group) is 1. The normalized spacial score (nSPS) is 23.9. The molecule has 1 fully saturated rings. The van der Waals surface area contributed by atoms with Crippen molar-refractivity contribution in [3.63, 3.8) is 0 Å². The number of Topliss-reactive ketones (excluding diaryl/α,β-unsaturated/α-hetero) is 1. The van der Waals surface area contributed by atoms with Crippen LogP contribution in [0, 0.1) is 23.7 Å². The van der Waals surface area contributed by atoms with Crippen LogP contribution in [-0.4, -0.2) is 70.5 Å². The van der Waals surface area contributed by atoms with Gasteiger partial charge in [-0.3, -0.25) is 14.5 Å². The van der Waals surface area contributed by atoms with Crippen molar-refractivity contribution in [1.29, 1.82) is 0 Å². The van der Waals surface area contributed by atoms with Crippen molar-refractivity contribution < 1.29 is 24.9 Å². The summed E-state index contributed by atoms with van der Waals surface area (Å²) in [7, 11) is 5.68. The fourth-order valence-corrected chi connectivity index (χ4v) is 7.55. The summed E-state index contributed by atoms with van der Waals surface area (Å²) in [6.07, 6.45) is 0.910. The largest absolute Gasteiger partial charge is 0.510 e. The van der Waals surface area contributed by atoms with E-state index in [1.165, 1.54) is 0 Å². The van der Waals surface area contributed by atoms with Gasteiger partial charge in [-0.25, -0.2) is 0 Å². The molecule has 0 aliphatic heterocycles. The molecule has 8 nitrogen and oxygen atoms in total.